The van der Waals surface area contributed by atoms with Crippen molar-refractivity contribution in [3.05, 3.63) is 34.3 Å². The Morgan fingerprint density at radius 3 is 2.35 bits per heavy atom. The molecule has 1 atom stereocenters. The fraction of sp³-hybridized carbons (Fsp3) is 0.385. The second-order valence-corrected chi connectivity index (χ2v) is 4.94. The van der Waals surface area contributed by atoms with Crippen molar-refractivity contribution in [2.24, 2.45) is 5.92 Å². The third kappa shape index (κ3) is 4.69. The molecular weight excluding hydrogens is 284 g/mol. The van der Waals surface area contributed by atoms with Crippen molar-refractivity contribution in [1.29, 1.82) is 0 Å². The van der Waals surface area contributed by atoms with Crippen LogP contribution in [-0.2, 0) is 9.53 Å². The quantitative estimate of drug-likeness (QED) is 0.619. The van der Waals surface area contributed by atoms with Crippen LogP contribution in [0.25, 0.3) is 0 Å². The summed E-state index contributed by atoms with van der Waals surface area (Å²) in [6.45, 7) is 1.87. The Balaban J connectivity index is 2.54. The molecular formula is C13H15BrO3. The summed E-state index contributed by atoms with van der Waals surface area (Å²) in [4.78, 5) is 22.9. The first-order valence-electron chi connectivity index (χ1n) is 5.38. The molecule has 4 heteroatoms. The Kier molecular flexibility index (Phi) is 5.35. The number of Topliss-reactive ketones (excluding diaryl/α,β-unsaturated/α-hetero) is 1. The lowest BCUT2D eigenvalue weighted by Crippen LogP contribution is -2.11. The van der Waals surface area contributed by atoms with E-state index in [2.05, 4.69) is 20.7 Å². The molecule has 0 radical (unpaired) electrons. The van der Waals surface area contributed by atoms with Crippen LogP contribution in [0.3, 0.4) is 0 Å². The second-order valence-electron chi connectivity index (χ2n) is 4.02. The van der Waals surface area contributed by atoms with Gasteiger partial charge >= 0.3 is 5.97 Å². The van der Waals surface area contributed by atoms with Gasteiger partial charge in [0.15, 0.2) is 5.78 Å². The highest BCUT2D eigenvalue weighted by atomic mass is 79.9. The Morgan fingerprint density at radius 2 is 1.82 bits per heavy atom. The first kappa shape index (κ1) is 13.9. The Bertz CT molecular complexity index is 398. The molecule has 1 aromatic carbocycles. The van der Waals surface area contributed by atoms with Gasteiger partial charge in [-0.15, -0.1) is 0 Å². The zero-order valence-electron chi connectivity index (χ0n) is 9.90. The molecule has 0 bridgehead atoms. The summed E-state index contributed by atoms with van der Waals surface area (Å²) < 4.78 is 5.51. The van der Waals surface area contributed by atoms with Crippen LogP contribution < -0.4 is 0 Å². The summed E-state index contributed by atoms with van der Waals surface area (Å²) in [6, 6.07) is 7.21. The Morgan fingerprint density at radius 1 is 1.24 bits per heavy atom. The summed E-state index contributed by atoms with van der Waals surface area (Å²) in [6.07, 6.45) is 0.634. The molecule has 17 heavy (non-hydrogen) atoms. The monoisotopic (exact) mass is 298 g/mol. The molecule has 0 aliphatic heterocycles. The van der Waals surface area contributed by atoms with Crippen molar-refractivity contribution < 1.29 is 14.3 Å². The van der Waals surface area contributed by atoms with Gasteiger partial charge in [0.2, 0.25) is 0 Å². The number of ether oxygens (including phenoxy) is 1. The van der Waals surface area contributed by atoms with Gasteiger partial charge in [-0.3, -0.25) is 9.59 Å². The largest absolute Gasteiger partial charge is 0.469 e. The summed E-state index contributed by atoms with van der Waals surface area (Å²) in [7, 11) is 1.35. The molecule has 0 aliphatic carbocycles. The van der Waals surface area contributed by atoms with Gasteiger partial charge in [-0.25, -0.2) is 0 Å². The van der Waals surface area contributed by atoms with Crippen LogP contribution >= 0.6 is 15.9 Å². The van der Waals surface area contributed by atoms with E-state index in [1.54, 1.807) is 12.1 Å². The maximum atomic E-state index is 11.9. The molecule has 0 aliphatic rings. The van der Waals surface area contributed by atoms with E-state index in [1.807, 2.05) is 19.1 Å². The second kappa shape index (κ2) is 6.55. The van der Waals surface area contributed by atoms with Gasteiger partial charge in [0.1, 0.15) is 0 Å². The lowest BCUT2D eigenvalue weighted by atomic mass is 9.97. The average Bonchev–Trinajstić information content (AvgIpc) is 2.29. The molecule has 92 valence electrons. The normalized spacial score (nSPS) is 11.9. The molecule has 0 N–H and O–H groups in total. The summed E-state index contributed by atoms with van der Waals surface area (Å²) >= 11 is 3.31. The van der Waals surface area contributed by atoms with E-state index < -0.39 is 0 Å². The fourth-order valence-electron chi connectivity index (χ4n) is 1.51. The average molecular weight is 299 g/mol. The molecule has 0 fully saturated rings. The minimum atomic E-state index is -0.277. The number of carbonyl (C=O) groups is 2. The number of ketones is 1. The smallest absolute Gasteiger partial charge is 0.305 e. The van der Waals surface area contributed by atoms with Crippen molar-refractivity contribution in [3.63, 3.8) is 0 Å². The predicted molar refractivity (Wildman–Crippen MR) is 68.9 cm³/mol. The Hall–Kier alpha value is -1.16. The lowest BCUT2D eigenvalue weighted by Gasteiger charge is -2.08. The minimum absolute atomic E-state index is 0.00130. The van der Waals surface area contributed by atoms with E-state index in [-0.39, 0.29) is 24.1 Å². The molecule has 3 nitrogen and oxygen atoms in total. The van der Waals surface area contributed by atoms with Crippen LogP contribution in [-0.4, -0.2) is 18.9 Å². The zero-order chi connectivity index (χ0) is 12.8. The molecule has 0 heterocycles. The SMILES string of the molecule is COC(=O)C[C@@H](C)CC(=O)c1ccc(Br)cc1. The highest BCUT2D eigenvalue weighted by Gasteiger charge is 2.14. The van der Waals surface area contributed by atoms with Gasteiger partial charge in [-0.05, 0) is 18.1 Å². The summed E-state index contributed by atoms with van der Waals surface area (Å²) in [5.74, 6) is -0.228. The van der Waals surface area contributed by atoms with Crippen molar-refractivity contribution >= 4 is 27.7 Å². The highest BCUT2D eigenvalue weighted by Crippen LogP contribution is 2.16. The van der Waals surface area contributed by atoms with Gasteiger partial charge < -0.3 is 4.74 Å². The molecule has 0 aromatic heterocycles. The molecule has 0 saturated carbocycles. The maximum absolute atomic E-state index is 11.9. The number of hydrogen-bond acceptors (Lipinski definition) is 3. The van der Waals surface area contributed by atoms with Gasteiger partial charge in [0.25, 0.3) is 0 Å². The van der Waals surface area contributed by atoms with Crippen molar-refractivity contribution in [2.75, 3.05) is 7.11 Å². The maximum Gasteiger partial charge on any atom is 0.305 e. The number of halogens is 1. The predicted octanol–water partition coefficient (Wildman–Crippen LogP) is 3.22. The van der Waals surface area contributed by atoms with Crippen LogP contribution in [0.2, 0.25) is 0 Å². The van der Waals surface area contributed by atoms with Crippen LogP contribution in [0.5, 0.6) is 0 Å². The molecule has 0 amide bonds. The standard InChI is InChI=1S/C13H15BrO3/c1-9(8-13(16)17-2)7-12(15)10-3-5-11(14)6-4-10/h3-6,9H,7-8H2,1-2H3/t9-/m0/s1. The van der Waals surface area contributed by atoms with Crippen LogP contribution in [0, 0.1) is 5.92 Å². The number of esters is 1. The molecule has 1 aromatic rings. The van der Waals surface area contributed by atoms with Crippen LogP contribution in [0.15, 0.2) is 28.7 Å². The first-order chi connectivity index (χ1) is 8.02. The summed E-state index contributed by atoms with van der Waals surface area (Å²) in [5, 5.41) is 0. The van der Waals surface area contributed by atoms with Crippen molar-refractivity contribution in [1.82, 2.24) is 0 Å². The third-order valence-corrected chi connectivity index (χ3v) is 2.97. The number of carbonyl (C=O) groups excluding carboxylic acids is 2. The Labute approximate surface area is 109 Å². The van der Waals surface area contributed by atoms with Crippen LogP contribution in [0.1, 0.15) is 30.1 Å². The van der Waals surface area contributed by atoms with Crippen molar-refractivity contribution in [2.45, 2.75) is 19.8 Å². The van der Waals surface area contributed by atoms with E-state index in [1.165, 1.54) is 7.11 Å². The molecule has 0 unspecified atom stereocenters. The van der Waals surface area contributed by atoms with E-state index in [0.717, 1.165) is 4.47 Å². The topological polar surface area (TPSA) is 43.4 Å². The molecule has 1 rings (SSSR count). The molecule has 0 spiro atoms. The van der Waals surface area contributed by atoms with Gasteiger partial charge in [0.05, 0.1) is 7.11 Å². The highest BCUT2D eigenvalue weighted by molar-refractivity contribution is 9.10. The van der Waals surface area contributed by atoms with Gasteiger partial charge in [-0.2, -0.15) is 0 Å². The molecule has 0 saturated heterocycles. The van der Waals surface area contributed by atoms with Gasteiger partial charge in [-0.1, -0.05) is 35.0 Å². The minimum Gasteiger partial charge on any atom is -0.469 e. The number of benzene rings is 1. The lowest BCUT2D eigenvalue weighted by molar-refractivity contribution is -0.141. The first-order valence-corrected chi connectivity index (χ1v) is 6.17. The summed E-state index contributed by atoms with van der Waals surface area (Å²) in [5.41, 5.74) is 0.671. The van der Waals surface area contributed by atoms with E-state index in [4.69, 9.17) is 0 Å². The van der Waals surface area contributed by atoms with Crippen LogP contribution in [0.4, 0.5) is 0 Å². The van der Waals surface area contributed by atoms with E-state index >= 15 is 0 Å². The number of hydrogen-bond donors (Lipinski definition) is 0. The zero-order valence-corrected chi connectivity index (χ0v) is 11.5. The number of rotatable bonds is 5. The van der Waals surface area contributed by atoms with Crippen molar-refractivity contribution in [3.8, 4) is 0 Å². The van der Waals surface area contributed by atoms with Gasteiger partial charge in [0, 0.05) is 22.9 Å². The fourth-order valence-corrected chi connectivity index (χ4v) is 1.77. The van der Waals surface area contributed by atoms with E-state index in [9.17, 15) is 9.59 Å². The number of methoxy groups -OCH3 is 1. The third-order valence-electron chi connectivity index (χ3n) is 2.44. The van der Waals surface area contributed by atoms with E-state index in [0.29, 0.717) is 12.0 Å².